The van der Waals surface area contributed by atoms with Gasteiger partial charge in [0.25, 0.3) is 5.56 Å². The molecule has 1 aromatic rings. The quantitative estimate of drug-likeness (QED) is 0.588. The first kappa shape index (κ1) is 15.2. The summed E-state index contributed by atoms with van der Waals surface area (Å²) >= 11 is 1.63. The van der Waals surface area contributed by atoms with E-state index in [1.807, 2.05) is 7.05 Å². The highest BCUT2D eigenvalue weighted by molar-refractivity contribution is 7.99. The van der Waals surface area contributed by atoms with Crippen molar-refractivity contribution in [3.63, 3.8) is 0 Å². The van der Waals surface area contributed by atoms with Crippen LogP contribution in [0.3, 0.4) is 0 Å². The van der Waals surface area contributed by atoms with Crippen LogP contribution in [-0.4, -0.2) is 28.3 Å². The fourth-order valence-corrected chi connectivity index (χ4v) is 3.13. The van der Waals surface area contributed by atoms with Crippen molar-refractivity contribution >= 4 is 11.8 Å². The predicted molar refractivity (Wildman–Crippen MR) is 77.3 cm³/mol. The second-order valence-corrected chi connectivity index (χ2v) is 5.78. The normalized spacial score (nSPS) is 14.4. The van der Waals surface area contributed by atoms with Crippen LogP contribution >= 0.6 is 11.8 Å². The summed E-state index contributed by atoms with van der Waals surface area (Å²) in [7, 11) is 1.97. The maximum atomic E-state index is 11.6. The summed E-state index contributed by atoms with van der Waals surface area (Å²) in [5.41, 5.74) is 0.828. The minimum atomic E-state index is -0.0549. The van der Waals surface area contributed by atoms with Crippen LogP contribution < -0.4 is 10.9 Å². The van der Waals surface area contributed by atoms with E-state index in [4.69, 9.17) is 0 Å². The highest BCUT2D eigenvalue weighted by Gasteiger charge is 2.16. The lowest BCUT2D eigenvalue weighted by Gasteiger charge is -2.20. The Balaban J connectivity index is 2.80. The third-order valence-electron chi connectivity index (χ3n) is 2.95. The molecule has 2 atom stereocenters. The lowest BCUT2D eigenvalue weighted by molar-refractivity contribution is 0.540. The van der Waals surface area contributed by atoms with Crippen LogP contribution in [0.25, 0.3) is 0 Å². The van der Waals surface area contributed by atoms with Crippen LogP contribution in [0, 0.1) is 0 Å². The summed E-state index contributed by atoms with van der Waals surface area (Å²) in [4.78, 5) is 18.9. The molecule has 0 fully saturated rings. The molecule has 0 aromatic carbocycles. The van der Waals surface area contributed by atoms with Crippen molar-refractivity contribution in [3.05, 3.63) is 22.1 Å². The van der Waals surface area contributed by atoms with Crippen molar-refractivity contribution in [2.75, 3.05) is 7.05 Å². The molecule has 102 valence electrons. The molecule has 2 unspecified atom stereocenters. The first-order valence-corrected chi connectivity index (χ1v) is 7.42. The second kappa shape index (κ2) is 7.59. The molecule has 0 spiro atoms. The Morgan fingerprint density at radius 3 is 2.78 bits per heavy atom. The lowest BCUT2D eigenvalue weighted by atomic mass is 10.2. The van der Waals surface area contributed by atoms with Gasteiger partial charge in [0.15, 0.2) is 5.16 Å². The highest BCUT2D eigenvalue weighted by atomic mass is 32.2. The maximum absolute atomic E-state index is 11.6. The number of nitrogens with zero attached hydrogens (tertiary/aromatic N) is 1. The van der Waals surface area contributed by atoms with E-state index >= 15 is 0 Å². The molecule has 1 rings (SSSR count). The number of H-pyrrole nitrogens is 1. The third kappa shape index (κ3) is 4.46. The van der Waals surface area contributed by atoms with Gasteiger partial charge >= 0.3 is 0 Å². The van der Waals surface area contributed by atoms with Crippen molar-refractivity contribution in [1.82, 2.24) is 15.3 Å². The van der Waals surface area contributed by atoms with Crippen molar-refractivity contribution in [2.24, 2.45) is 0 Å². The molecular weight excluding hydrogens is 246 g/mol. The molecule has 18 heavy (non-hydrogen) atoms. The number of aromatic nitrogens is 2. The van der Waals surface area contributed by atoms with Crippen LogP contribution in [0.2, 0.25) is 0 Å². The average Bonchev–Trinajstić information content (AvgIpc) is 2.30. The lowest BCUT2D eigenvalue weighted by Crippen LogP contribution is -2.33. The Kier molecular flexibility index (Phi) is 6.43. The van der Waals surface area contributed by atoms with Crippen molar-refractivity contribution in [2.45, 2.75) is 56.5 Å². The van der Waals surface area contributed by atoms with E-state index in [-0.39, 0.29) is 5.56 Å². The molecule has 0 radical (unpaired) electrons. The van der Waals surface area contributed by atoms with Crippen molar-refractivity contribution < 1.29 is 0 Å². The molecule has 2 N–H and O–H groups in total. The van der Waals surface area contributed by atoms with E-state index in [0.29, 0.717) is 11.3 Å². The predicted octanol–water partition coefficient (Wildman–Crippen LogP) is 2.20. The van der Waals surface area contributed by atoms with E-state index < -0.39 is 0 Å². The molecule has 0 aliphatic rings. The molecule has 0 aliphatic carbocycles. The minimum absolute atomic E-state index is 0.0549. The molecule has 0 bridgehead atoms. The van der Waals surface area contributed by atoms with Crippen LogP contribution in [0.1, 0.15) is 39.3 Å². The van der Waals surface area contributed by atoms with Crippen LogP contribution in [0.5, 0.6) is 0 Å². The van der Waals surface area contributed by atoms with Gasteiger partial charge in [0.2, 0.25) is 0 Å². The molecular formula is C13H23N3OS. The van der Waals surface area contributed by atoms with Gasteiger partial charge in [0, 0.05) is 23.1 Å². The summed E-state index contributed by atoms with van der Waals surface area (Å²) in [6.07, 6.45) is 2.92. The molecule has 4 nitrogen and oxygen atoms in total. The number of aromatic amines is 1. The van der Waals surface area contributed by atoms with Gasteiger partial charge in [-0.2, -0.15) is 0 Å². The van der Waals surface area contributed by atoms with E-state index in [2.05, 4.69) is 36.1 Å². The fourth-order valence-electron chi connectivity index (χ4n) is 1.95. The molecule has 0 amide bonds. The number of hydrogen-bond acceptors (Lipinski definition) is 4. The van der Waals surface area contributed by atoms with Crippen LogP contribution in [0.4, 0.5) is 0 Å². The van der Waals surface area contributed by atoms with Gasteiger partial charge in [-0.3, -0.25) is 4.79 Å². The molecule has 0 saturated carbocycles. The van der Waals surface area contributed by atoms with Crippen LogP contribution in [0.15, 0.2) is 16.0 Å². The van der Waals surface area contributed by atoms with Gasteiger partial charge in [-0.1, -0.05) is 39.0 Å². The molecule has 5 heteroatoms. The van der Waals surface area contributed by atoms with E-state index in [1.54, 1.807) is 17.8 Å². The largest absolute Gasteiger partial charge is 0.316 e. The number of nitrogens with one attached hydrogen (secondary N) is 2. The number of rotatable bonds is 7. The molecule has 0 saturated heterocycles. The zero-order valence-corrected chi connectivity index (χ0v) is 12.4. The van der Waals surface area contributed by atoms with Gasteiger partial charge in [-0.05, 0) is 19.9 Å². The SMILES string of the molecule is CCCc1cc(=O)[nH]c(SC(C)C(CC)NC)n1. The van der Waals surface area contributed by atoms with Crippen molar-refractivity contribution in [3.8, 4) is 0 Å². The summed E-state index contributed by atoms with van der Waals surface area (Å²) in [5.74, 6) is 0. The van der Waals surface area contributed by atoms with Gasteiger partial charge in [-0.15, -0.1) is 0 Å². The zero-order chi connectivity index (χ0) is 13.5. The maximum Gasteiger partial charge on any atom is 0.251 e. The van der Waals surface area contributed by atoms with Crippen molar-refractivity contribution in [1.29, 1.82) is 0 Å². The monoisotopic (exact) mass is 269 g/mol. The highest BCUT2D eigenvalue weighted by Crippen LogP contribution is 2.22. The number of hydrogen-bond donors (Lipinski definition) is 2. The second-order valence-electron chi connectivity index (χ2n) is 4.42. The molecule has 0 aliphatic heterocycles. The van der Waals surface area contributed by atoms with Gasteiger partial charge in [0.1, 0.15) is 0 Å². The first-order chi connectivity index (χ1) is 8.60. The Labute approximate surface area is 113 Å². The van der Waals surface area contributed by atoms with E-state index in [0.717, 1.165) is 30.1 Å². The van der Waals surface area contributed by atoms with E-state index in [9.17, 15) is 4.79 Å². The topological polar surface area (TPSA) is 57.8 Å². The smallest absolute Gasteiger partial charge is 0.251 e. The molecule has 1 heterocycles. The number of thioether (sulfide) groups is 1. The number of aryl methyl sites for hydroxylation is 1. The summed E-state index contributed by atoms with van der Waals surface area (Å²) in [5, 5.41) is 4.39. The third-order valence-corrected chi connectivity index (χ3v) is 4.07. The van der Waals surface area contributed by atoms with Gasteiger partial charge in [-0.25, -0.2) is 4.98 Å². The van der Waals surface area contributed by atoms with E-state index in [1.165, 1.54) is 0 Å². The summed E-state index contributed by atoms with van der Waals surface area (Å²) in [6, 6.07) is 2.02. The Morgan fingerprint density at radius 1 is 1.50 bits per heavy atom. The standard InChI is InChI=1S/C13H23N3OS/c1-5-7-10-8-12(17)16-13(15-10)18-9(3)11(6-2)14-4/h8-9,11,14H,5-7H2,1-4H3,(H,15,16,17). The van der Waals surface area contributed by atoms with Crippen LogP contribution in [-0.2, 0) is 6.42 Å². The Morgan fingerprint density at radius 2 is 2.22 bits per heavy atom. The van der Waals surface area contributed by atoms with Gasteiger partial charge < -0.3 is 10.3 Å². The minimum Gasteiger partial charge on any atom is -0.316 e. The first-order valence-electron chi connectivity index (χ1n) is 6.54. The average molecular weight is 269 g/mol. The molecule has 1 aromatic heterocycles. The summed E-state index contributed by atoms with van der Waals surface area (Å²) in [6.45, 7) is 6.40. The van der Waals surface area contributed by atoms with Gasteiger partial charge in [0.05, 0.1) is 0 Å². The fraction of sp³-hybridized carbons (Fsp3) is 0.692. The zero-order valence-electron chi connectivity index (χ0n) is 11.6. The summed E-state index contributed by atoms with van der Waals surface area (Å²) < 4.78 is 0. The Bertz CT molecular complexity index is 415. The Hall–Kier alpha value is -0.810.